The van der Waals surface area contributed by atoms with Crippen LogP contribution in [-0.4, -0.2) is 24.5 Å². The summed E-state index contributed by atoms with van der Waals surface area (Å²) in [6, 6.07) is 6.77. The topological polar surface area (TPSA) is 83.4 Å². The Morgan fingerprint density at radius 2 is 1.72 bits per heavy atom. The van der Waals surface area contributed by atoms with Crippen LogP contribution in [0.3, 0.4) is 0 Å². The third kappa shape index (κ3) is 5.35. The molecule has 134 valence electrons. The molecule has 0 aliphatic rings. The molecule has 0 spiro atoms. The Hall–Kier alpha value is -2.81. The molecule has 0 bridgehead atoms. The summed E-state index contributed by atoms with van der Waals surface area (Å²) in [7, 11) is 0. The second kappa shape index (κ2) is 7.84. The highest BCUT2D eigenvalue weighted by atomic mass is 19.4. The minimum atomic E-state index is -4.62. The Labute approximate surface area is 141 Å². The van der Waals surface area contributed by atoms with Crippen LogP contribution in [0, 0.1) is 0 Å². The fraction of sp³-hybridized carbons (Fsp3) is 0.250. The van der Waals surface area contributed by atoms with Gasteiger partial charge in [0, 0.05) is 6.92 Å². The third-order valence-electron chi connectivity index (χ3n) is 3.13. The zero-order valence-electron chi connectivity index (χ0n) is 13.2. The summed E-state index contributed by atoms with van der Waals surface area (Å²) in [5.74, 6) is -1.37. The standard InChI is InChI=1S/C16H16F3N3O3/c1-10(23)21-11-5-2-3-6-12(11)22-14(24)9-20-15(16(17,18)19)13-7-4-8-25-13/h2-8,15,20H,9H2,1H3,(H,21,23)(H,22,24)/t15-/m1/s1. The molecule has 1 aromatic carbocycles. The van der Waals surface area contributed by atoms with Crippen molar-refractivity contribution in [2.24, 2.45) is 0 Å². The maximum atomic E-state index is 13.1. The van der Waals surface area contributed by atoms with Gasteiger partial charge in [0.05, 0.1) is 24.2 Å². The fourth-order valence-electron chi connectivity index (χ4n) is 2.11. The Morgan fingerprint density at radius 1 is 1.08 bits per heavy atom. The van der Waals surface area contributed by atoms with Gasteiger partial charge < -0.3 is 15.1 Å². The van der Waals surface area contributed by atoms with Crippen molar-refractivity contribution in [1.82, 2.24) is 5.32 Å². The molecule has 0 fully saturated rings. The molecule has 1 aromatic heterocycles. The van der Waals surface area contributed by atoms with Gasteiger partial charge in [-0.05, 0) is 24.3 Å². The fourth-order valence-corrected chi connectivity index (χ4v) is 2.11. The smallest absolute Gasteiger partial charge is 0.411 e. The number of para-hydroxylation sites is 2. The van der Waals surface area contributed by atoms with Gasteiger partial charge in [-0.1, -0.05) is 12.1 Å². The van der Waals surface area contributed by atoms with Gasteiger partial charge in [0.2, 0.25) is 11.8 Å². The number of carbonyl (C=O) groups excluding carboxylic acids is 2. The van der Waals surface area contributed by atoms with Crippen LogP contribution in [0.25, 0.3) is 0 Å². The average molecular weight is 355 g/mol. The van der Waals surface area contributed by atoms with Gasteiger partial charge in [0.15, 0.2) is 6.04 Å². The van der Waals surface area contributed by atoms with Crippen molar-refractivity contribution in [3.8, 4) is 0 Å². The highest BCUT2D eigenvalue weighted by Gasteiger charge is 2.42. The molecule has 2 rings (SSSR count). The number of nitrogens with one attached hydrogen (secondary N) is 3. The Bertz CT molecular complexity index is 730. The van der Waals surface area contributed by atoms with E-state index in [1.807, 2.05) is 0 Å². The number of anilines is 2. The van der Waals surface area contributed by atoms with Gasteiger partial charge in [0.25, 0.3) is 0 Å². The molecular weight excluding hydrogens is 339 g/mol. The molecule has 3 N–H and O–H groups in total. The molecule has 2 amide bonds. The van der Waals surface area contributed by atoms with Crippen molar-refractivity contribution in [2.75, 3.05) is 17.2 Å². The number of hydrogen-bond acceptors (Lipinski definition) is 4. The summed E-state index contributed by atoms with van der Waals surface area (Å²) >= 11 is 0. The van der Waals surface area contributed by atoms with Crippen LogP contribution in [0.2, 0.25) is 0 Å². The highest BCUT2D eigenvalue weighted by Crippen LogP contribution is 2.32. The van der Waals surface area contributed by atoms with Crippen molar-refractivity contribution in [2.45, 2.75) is 19.1 Å². The first kappa shape index (κ1) is 18.5. The predicted octanol–water partition coefficient (Wildman–Crippen LogP) is 3.07. The first-order chi connectivity index (χ1) is 11.8. The van der Waals surface area contributed by atoms with Gasteiger partial charge in [0.1, 0.15) is 5.76 Å². The quantitative estimate of drug-likeness (QED) is 0.744. The van der Waals surface area contributed by atoms with Gasteiger partial charge >= 0.3 is 6.18 Å². The van der Waals surface area contributed by atoms with Crippen LogP contribution < -0.4 is 16.0 Å². The molecule has 0 aliphatic heterocycles. The maximum absolute atomic E-state index is 13.1. The highest BCUT2D eigenvalue weighted by molar-refractivity contribution is 5.99. The monoisotopic (exact) mass is 355 g/mol. The molecule has 2 aromatic rings. The minimum absolute atomic E-state index is 0.283. The number of rotatable bonds is 6. The molecule has 0 radical (unpaired) electrons. The number of amides is 2. The molecule has 0 unspecified atom stereocenters. The summed E-state index contributed by atoms with van der Waals surface area (Å²) in [6.45, 7) is 0.705. The van der Waals surface area contributed by atoms with Crippen molar-refractivity contribution < 1.29 is 27.2 Å². The number of hydrogen-bond donors (Lipinski definition) is 3. The lowest BCUT2D eigenvalue weighted by molar-refractivity contribution is -0.161. The van der Waals surface area contributed by atoms with Crippen LogP contribution in [0.5, 0.6) is 0 Å². The van der Waals surface area contributed by atoms with E-state index in [1.54, 1.807) is 18.2 Å². The Balaban J connectivity index is 2.02. The van der Waals surface area contributed by atoms with E-state index in [0.717, 1.165) is 6.26 Å². The molecule has 9 heteroatoms. The van der Waals surface area contributed by atoms with E-state index in [1.165, 1.54) is 25.1 Å². The van der Waals surface area contributed by atoms with E-state index in [2.05, 4.69) is 16.0 Å². The largest absolute Gasteiger partial charge is 0.467 e. The summed E-state index contributed by atoms with van der Waals surface area (Å²) in [6.07, 6.45) is -3.49. The predicted molar refractivity (Wildman–Crippen MR) is 84.9 cm³/mol. The van der Waals surface area contributed by atoms with Crippen molar-refractivity contribution in [3.05, 3.63) is 48.4 Å². The summed E-state index contributed by atoms with van der Waals surface area (Å²) < 4.78 is 44.0. The number of alkyl halides is 3. The molecule has 1 atom stereocenters. The Kier molecular flexibility index (Phi) is 5.81. The molecule has 0 aliphatic carbocycles. The van der Waals surface area contributed by atoms with Crippen LogP contribution in [0.4, 0.5) is 24.5 Å². The third-order valence-corrected chi connectivity index (χ3v) is 3.13. The van der Waals surface area contributed by atoms with Crippen molar-refractivity contribution >= 4 is 23.2 Å². The van der Waals surface area contributed by atoms with Crippen LogP contribution in [0.1, 0.15) is 18.7 Å². The van der Waals surface area contributed by atoms with E-state index in [4.69, 9.17) is 4.42 Å². The van der Waals surface area contributed by atoms with Crippen LogP contribution in [-0.2, 0) is 9.59 Å². The number of carbonyl (C=O) groups is 2. The molecular formula is C16H16F3N3O3. The molecule has 25 heavy (non-hydrogen) atoms. The maximum Gasteiger partial charge on any atom is 0.411 e. The number of furan rings is 1. The van der Waals surface area contributed by atoms with Crippen molar-refractivity contribution in [1.29, 1.82) is 0 Å². The van der Waals surface area contributed by atoms with E-state index in [-0.39, 0.29) is 17.4 Å². The zero-order valence-corrected chi connectivity index (χ0v) is 13.2. The number of benzene rings is 1. The normalized spacial score (nSPS) is 12.5. The van der Waals surface area contributed by atoms with Crippen LogP contribution in [0.15, 0.2) is 47.1 Å². The van der Waals surface area contributed by atoms with Gasteiger partial charge in [-0.2, -0.15) is 13.2 Å². The summed E-state index contributed by atoms with van der Waals surface area (Å²) in [5, 5.41) is 7.10. The molecule has 0 saturated carbocycles. The van der Waals surface area contributed by atoms with E-state index in [9.17, 15) is 22.8 Å². The van der Waals surface area contributed by atoms with Crippen molar-refractivity contribution in [3.63, 3.8) is 0 Å². The zero-order chi connectivity index (χ0) is 18.4. The van der Waals surface area contributed by atoms with Gasteiger partial charge in [-0.3, -0.25) is 14.9 Å². The minimum Gasteiger partial charge on any atom is -0.467 e. The molecule has 1 heterocycles. The van der Waals surface area contributed by atoms with Gasteiger partial charge in [-0.25, -0.2) is 0 Å². The lowest BCUT2D eigenvalue weighted by Crippen LogP contribution is -2.38. The van der Waals surface area contributed by atoms with E-state index < -0.39 is 24.7 Å². The summed E-state index contributed by atoms with van der Waals surface area (Å²) in [4.78, 5) is 23.1. The lowest BCUT2D eigenvalue weighted by Gasteiger charge is -2.19. The molecule has 6 nitrogen and oxygen atoms in total. The van der Waals surface area contributed by atoms with Crippen LogP contribution >= 0.6 is 0 Å². The van der Waals surface area contributed by atoms with Gasteiger partial charge in [-0.15, -0.1) is 0 Å². The number of halogens is 3. The lowest BCUT2D eigenvalue weighted by atomic mass is 10.2. The first-order valence-electron chi connectivity index (χ1n) is 7.27. The second-order valence-electron chi connectivity index (χ2n) is 5.15. The molecule has 0 saturated heterocycles. The second-order valence-corrected chi connectivity index (χ2v) is 5.15. The first-order valence-corrected chi connectivity index (χ1v) is 7.27. The SMILES string of the molecule is CC(=O)Nc1ccccc1NC(=O)CN[C@H](c1ccco1)C(F)(F)F. The van der Waals surface area contributed by atoms with E-state index >= 15 is 0 Å². The van der Waals surface area contributed by atoms with E-state index in [0.29, 0.717) is 5.69 Å². The summed E-state index contributed by atoms with van der Waals surface area (Å²) in [5.41, 5.74) is 0.632. The average Bonchev–Trinajstić information content (AvgIpc) is 3.01. The Morgan fingerprint density at radius 3 is 2.24 bits per heavy atom.